The number of hydrogen-bond donors (Lipinski definition) is 1. The number of cyclic esters (lactones) is 1. The van der Waals surface area contributed by atoms with Crippen molar-refractivity contribution in [2.45, 2.75) is 49.2 Å². The van der Waals surface area contributed by atoms with Crippen LogP contribution in [0.3, 0.4) is 0 Å². The first kappa shape index (κ1) is 20.7. The molecule has 1 spiro atoms. The maximum Gasteiger partial charge on any atom is 0.312 e. The molecule has 29 heavy (non-hydrogen) atoms. The first-order valence-corrected chi connectivity index (χ1v) is 11.8. The number of ether oxygens (including phenoxy) is 1. The Hall–Kier alpha value is -1.57. The van der Waals surface area contributed by atoms with Crippen LogP contribution in [0.4, 0.5) is 0 Å². The molecule has 0 saturated carbocycles. The number of piperidine rings is 2. The summed E-state index contributed by atoms with van der Waals surface area (Å²) in [6.45, 7) is 3.67. The number of benzene rings is 1. The maximum atomic E-state index is 13.0. The van der Waals surface area contributed by atoms with Gasteiger partial charge in [-0.25, -0.2) is 0 Å². The van der Waals surface area contributed by atoms with Crippen LogP contribution in [0.15, 0.2) is 29.2 Å². The van der Waals surface area contributed by atoms with Crippen LogP contribution in [0.5, 0.6) is 0 Å². The molecule has 3 saturated heterocycles. The fraction of sp³-hybridized carbons (Fsp3) is 0.636. The highest BCUT2D eigenvalue weighted by molar-refractivity contribution is 7.98. The lowest BCUT2D eigenvalue weighted by Gasteiger charge is -2.37. The number of carbonyl (C=O) groups excluding carboxylic acids is 2. The lowest BCUT2D eigenvalue weighted by atomic mass is 9.76. The Labute approximate surface area is 176 Å². The molecule has 0 aliphatic carbocycles. The van der Waals surface area contributed by atoms with Gasteiger partial charge in [0.25, 0.3) is 5.91 Å². The summed E-state index contributed by atoms with van der Waals surface area (Å²) in [7, 11) is 0. The third-order valence-electron chi connectivity index (χ3n) is 6.69. The second-order valence-electron chi connectivity index (χ2n) is 8.54. The summed E-state index contributed by atoms with van der Waals surface area (Å²) in [6.07, 6.45) is 5.39. The second-order valence-corrected chi connectivity index (χ2v) is 9.38. The molecule has 1 atom stereocenters. The molecule has 0 aromatic heterocycles. The number of likely N-dealkylation sites (tertiary alicyclic amines) is 2. The van der Waals surface area contributed by atoms with E-state index in [0.717, 1.165) is 49.4 Å². The van der Waals surface area contributed by atoms with Crippen LogP contribution in [0.1, 0.15) is 42.5 Å². The first-order valence-electron chi connectivity index (χ1n) is 10.5. The number of nitrogens with zero attached hydrogens (tertiary/aromatic N) is 2. The molecule has 1 unspecified atom stereocenters. The summed E-state index contributed by atoms with van der Waals surface area (Å²) >= 11 is 1.58. The largest absolute Gasteiger partial charge is 0.461 e. The first-order chi connectivity index (χ1) is 14.0. The van der Waals surface area contributed by atoms with E-state index in [1.165, 1.54) is 0 Å². The Morgan fingerprint density at radius 3 is 2.59 bits per heavy atom. The molecule has 3 fully saturated rings. The number of amides is 1. The summed E-state index contributed by atoms with van der Waals surface area (Å²) < 4.78 is 5.75. The van der Waals surface area contributed by atoms with E-state index >= 15 is 0 Å². The Bertz CT molecular complexity index is 755. The lowest BCUT2D eigenvalue weighted by Crippen LogP contribution is -2.45. The van der Waals surface area contributed by atoms with Crippen LogP contribution in [0.2, 0.25) is 0 Å². The number of hydrogen-bond acceptors (Lipinski definition) is 6. The average molecular weight is 419 g/mol. The normalized spacial score (nSPS) is 25.4. The van der Waals surface area contributed by atoms with Crippen LogP contribution in [0, 0.1) is 5.41 Å². The number of rotatable bonds is 4. The van der Waals surface area contributed by atoms with Gasteiger partial charge in [0.1, 0.15) is 6.10 Å². The van der Waals surface area contributed by atoms with E-state index in [4.69, 9.17) is 4.74 Å². The number of aliphatic hydroxyl groups excluding tert-OH is 1. The topological polar surface area (TPSA) is 70.1 Å². The molecule has 0 bridgehead atoms. The van der Waals surface area contributed by atoms with Crippen molar-refractivity contribution in [2.75, 3.05) is 39.0 Å². The zero-order valence-electron chi connectivity index (χ0n) is 17.0. The van der Waals surface area contributed by atoms with Gasteiger partial charge in [0.2, 0.25) is 0 Å². The molecule has 1 N–H and O–H groups in total. The SMILES string of the molecule is CSc1ccccc1C(=O)N1CCC2(CC1)CC(CN1CCC(O)CC1)OC2=O. The number of thioether (sulfide) groups is 1. The molecule has 3 heterocycles. The van der Waals surface area contributed by atoms with Crippen molar-refractivity contribution in [3.05, 3.63) is 29.8 Å². The van der Waals surface area contributed by atoms with Gasteiger partial charge in [-0.1, -0.05) is 12.1 Å². The fourth-order valence-electron chi connectivity index (χ4n) is 4.87. The molecular weight excluding hydrogens is 388 g/mol. The van der Waals surface area contributed by atoms with Crippen molar-refractivity contribution in [3.63, 3.8) is 0 Å². The quantitative estimate of drug-likeness (QED) is 0.598. The van der Waals surface area contributed by atoms with E-state index in [2.05, 4.69) is 4.90 Å². The zero-order chi connectivity index (χ0) is 20.4. The minimum atomic E-state index is -0.435. The summed E-state index contributed by atoms with van der Waals surface area (Å²) in [4.78, 5) is 30.9. The third kappa shape index (κ3) is 4.32. The highest BCUT2D eigenvalue weighted by Crippen LogP contribution is 2.43. The van der Waals surface area contributed by atoms with E-state index in [1.807, 2.05) is 35.4 Å². The summed E-state index contributed by atoms with van der Waals surface area (Å²) in [5.74, 6) is -0.0317. The molecule has 4 rings (SSSR count). The number of aliphatic hydroxyl groups is 1. The minimum absolute atomic E-state index is 0.0552. The van der Waals surface area contributed by atoms with Gasteiger partial charge < -0.3 is 14.7 Å². The van der Waals surface area contributed by atoms with Crippen molar-refractivity contribution in [2.24, 2.45) is 5.41 Å². The van der Waals surface area contributed by atoms with E-state index < -0.39 is 5.41 Å². The predicted octanol–water partition coefficient (Wildman–Crippen LogP) is 2.40. The highest BCUT2D eigenvalue weighted by Gasteiger charge is 2.51. The summed E-state index contributed by atoms with van der Waals surface area (Å²) in [5.41, 5.74) is 0.311. The molecule has 0 radical (unpaired) electrons. The highest BCUT2D eigenvalue weighted by atomic mass is 32.2. The van der Waals surface area contributed by atoms with Gasteiger partial charge in [-0.05, 0) is 44.1 Å². The van der Waals surface area contributed by atoms with Gasteiger partial charge in [0.05, 0.1) is 17.1 Å². The van der Waals surface area contributed by atoms with Crippen molar-refractivity contribution in [3.8, 4) is 0 Å². The lowest BCUT2D eigenvalue weighted by molar-refractivity contribution is -0.151. The molecule has 1 aromatic rings. The molecule has 7 heteroatoms. The van der Waals surface area contributed by atoms with Gasteiger partial charge in [0.15, 0.2) is 0 Å². The Balaban J connectivity index is 1.34. The van der Waals surface area contributed by atoms with Crippen molar-refractivity contribution in [1.82, 2.24) is 9.80 Å². The van der Waals surface area contributed by atoms with Gasteiger partial charge in [-0.3, -0.25) is 14.5 Å². The Morgan fingerprint density at radius 1 is 1.21 bits per heavy atom. The van der Waals surface area contributed by atoms with Crippen molar-refractivity contribution >= 4 is 23.6 Å². The van der Waals surface area contributed by atoms with Gasteiger partial charge in [-0.15, -0.1) is 11.8 Å². The second kappa shape index (κ2) is 8.66. The Kier molecular flexibility index (Phi) is 6.18. The van der Waals surface area contributed by atoms with Gasteiger partial charge in [0, 0.05) is 44.0 Å². The molecule has 3 aliphatic heterocycles. The molecule has 158 valence electrons. The van der Waals surface area contributed by atoms with Gasteiger partial charge in [-0.2, -0.15) is 0 Å². The summed E-state index contributed by atoms with van der Waals surface area (Å²) in [6, 6.07) is 7.71. The van der Waals surface area contributed by atoms with E-state index in [9.17, 15) is 14.7 Å². The average Bonchev–Trinajstić information content (AvgIpc) is 3.04. The zero-order valence-corrected chi connectivity index (χ0v) is 17.8. The van der Waals surface area contributed by atoms with E-state index in [-0.39, 0.29) is 24.1 Å². The van der Waals surface area contributed by atoms with Crippen LogP contribution in [-0.4, -0.2) is 78.0 Å². The molecule has 3 aliphatic rings. The van der Waals surface area contributed by atoms with Crippen LogP contribution < -0.4 is 0 Å². The number of esters is 1. The minimum Gasteiger partial charge on any atom is -0.461 e. The summed E-state index contributed by atoms with van der Waals surface area (Å²) in [5, 5.41) is 9.67. The smallest absolute Gasteiger partial charge is 0.312 e. The van der Waals surface area contributed by atoms with E-state index in [0.29, 0.717) is 25.9 Å². The van der Waals surface area contributed by atoms with Gasteiger partial charge >= 0.3 is 5.97 Å². The molecule has 1 amide bonds. The van der Waals surface area contributed by atoms with Crippen molar-refractivity contribution in [1.29, 1.82) is 0 Å². The van der Waals surface area contributed by atoms with Crippen molar-refractivity contribution < 1.29 is 19.4 Å². The Morgan fingerprint density at radius 2 is 1.90 bits per heavy atom. The third-order valence-corrected chi connectivity index (χ3v) is 7.49. The molecular formula is C22H30N2O4S. The predicted molar refractivity (Wildman–Crippen MR) is 112 cm³/mol. The number of carbonyl (C=O) groups is 2. The molecule has 1 aromatic carbocycles. The monoisotopic (exact) mass is 418 g/mol. The standard InChI is InChI=1S/C22H30N2O4S/c1-29-19-5-3-2-4-18(19)20(26)24-12-8-22(9-13-24)14-17(28-21(22)27)15-23-10-6-16(25)7-11-23/h2-5,16-17,25H,6-15H2,1H3. The van der Waals surface area contributed by atoms with Crippen LogP contribution in [0.25, 0.3) is 0 Å². The fourth-order valence-corrected chi connectivity index (χ4v) is 5.46. The maximum absolute atomic E-state index is 13.0. The van der Waals surface area contributed by atoms with Crippen LogP contribution in [-0.2, 0) is 9.53 Å². The van der Waals surface area contributed by atoms with Crippen LogP contribution >= 0.6 is 11.8 Å². The molecule has 6 nitrogen and oxygen atoms in total. The van der Waals surface area contributed by atoms with E-state index in [1.54, 1.807) is 11.8 Å².